The van der Waals surface area contributed by atoms with Crippen LogP contribution in [-0.2, 0) is 78.1 Å². The second-order valence-corrected chi connectivity index (χ2v) is 22.4. The molecular weight excluding hydrogens is 1150 g/mol. The number of nitrogens with one attached hydrogen (secondary N) is 1. The number of carbonyl (C=O) groups excluding carboxylic acids is 1. The van der Waals surface area contributed by atoms with E-state index in [9.17, 15) is 18.5 Å². The summed E-state index contributed by atoms with van der Waals surface area (Å²) in [7, 11) is -2.39. The number of unbranched alkanes of at least 4 members (excludes halogenated alkanes) is 1. The summed E-state index contributed by atoms with van der Waals surface area (Å²) >= 11 is 0.908. The number of piperidine rings is 1. The number of benzene rings is 3. The fourth-order valence-corrected chi connectivity index (χ4v) is 10.7. The summed E-state index contributed by atoms with van der Waals surface area (Å²) in [6.45, 7) is 14.7. The summed E-state index contributed by atoms with van der Waals surface area (Å²) in [6.07, 6.45) is 9.30. The number of hydrogen-bond donors (Lipinski definition) is 1. The third-order valence-corrected chi connectivity index (χ3v) is 15.6. The Morgan fingerprint density at radius 1 is 0.616 bits per heavy atom. The van der Waals surface area contributed by atoms with Crippen LogP contribution < -0.4 is 9.46 Å². The number of amides is 1. The zero-order chi connectivity index (χ0) is 60.5. The molecule has 1 fully saturated rings. The molecular formula is C62H86N6O16S2. The Kier molecular flexibility index (Phi) is 34.2. The Hall–Kier alpha value is -5.60. The second-order valence-electron chi connectivity index (χ2n) is 19.9. The number of aryl methyl sites for hydroxylation is 2. The maximum atomic E-state index is 13.1. The normalized spacial score (nSPS) is 12.9. The number of ether oxygens (including phenoxy) is 13. The van der Waals surface area contributed by atoms with Crippen LogP contribution in [0.15, 0.2) is 90.2 Å². The number of aromatic nitrogens is 3. The quantitative estimate of drug-likeness (QED) is 0.0360. The van der Waals surface area contributed by atoms with E-state index in [0.717, 1.165) is 96.7 Å². The van der Waals surface area contributed by atoms with Crippen molar-refractivity contribution >= 4 is 32.6 Å². The van der Waals surface area contributed by atoms with Crippen LogP contribution in [-0.4, -0.2) is 206 Å². The number of sulfonamides is 1. The predicted octanol–water partition coefficient (Wildman–Crippen LogP) is 8.21. The number of nitrogens with zero attached hydrogens (tertiary/aromatic N) is 5. The highest BCUT2D eigenvalue weighted by atomic mass is 32.2. The molecule has 6 rings (SSSR count). The van der Waals surface area contributed by atoms with Crippen molar-refractivity contribution in [2.24, 2.45) is 5.92 Å². The summed E-state index contributed by atoms with van der Waals surface area (Å²) in [5, 5.41) is 10.3. The van der Waals surface area contributed by atoms with Crippen molar-refractivity contribution in [3.63, 3.8) is 0 Å². The Morgan fingerprint density at radius 3 is 1.67 bits per heavy atom. The monoisotopic (exact) mass is 1230 g/mol. The number of nitriles is 1. The average molecular weight is 1240 g/mol. The van der Waals surface area contributed by atoms with E-state index in [-0.39, 0.29) is 27.2 Å². The molecule has 1 saturated heterocycles. The minimum atomic E-state index is -4.03. The summed E-state index contributed by atoms with van der Waals surface area (Å²) in [5.74, 6) is 1.41. The van der Waals surface area contributed by atoms with Gasteiger partial charge in [-0.05, 0) is 97.7 Å². The highest BCUT2D eigenvalue weighted by molar-refractivity contribution is 7.93. The smallest absolute Gasteiger partial charge is 0.263 e. The molecule has 86 heavy (non-hydrogen) atoms. The van der Waals surface area contributed by atoms with Gasteiger partial charge >= 0.3 is 0 Å². The molecule has 1 N–H and O–H groups in total. The van der Waals surface area contributed by atoms with E-state index < -0.39 is 10.0 Å². The van der Waals surface area contributed by atoms with E-state index in [2.05, 4.69) is 57.4 Å². The Bertz CT molecular complexity index is 2800. The molecule has 0 unspecified atom stereocenters. The van der Waals surface area contributed by atoms with Crippen molar-refractivity contribution in [1.29, 1.82) is 5.26 Å². The number of likely N-dealkylation sites (tertiary alicyclic amines) is 1. The summed E-state index contributed by atoms with van der Waals surface area (Å²) in [6, 6.07) is 24.5. The van der Waals surface area contributed by atoms with Gasteiger partial charge in [0.05, 0.1) is 169 Å². The van der Waals surface area contributed by atoms with E-state index in [4.69, 9.17) is 66.6 Å². The lowest BCUT2D eigenvalue weighted by Gasteiger charge is -2.32. The zero-order valence-corrected chi connectivity index (χ0v) is 51.5. The fourth-order valence-electron chi connectivity index (χ4n) is 8.97. The Morgan fingerprint density at radius 2 is 1.15 bits per heavy atom. The first-order chi connectivity index (χ1) is 42.2. The summed E-state index contributed by atoms with van der Waals surface area (Å²) < 4.78 is 105. The first kappa shape index (κ1) is 69.5. The maximum absolute atomic E-state index is 13.1. The molecule has 0 aliphatic carbocycles. The Labute approximate surface area is 511 Å². The highest BCUT2D eigenvalue weighted by Crippen LogP contribution is 2.39. The van der Waals surface area contributed by atoms with Gasteiger partial charge in [-0.15, -0.1) is 0 Å². The lowest BCUT2D eigenvalue weighted by Crippen LogP contribution is -2.38. The van der Waals surface area contributed by atoms with E-state index >= 15 is 0 Å². The van der Waals surface area contributed by atoms with Crippen molar-refractivity contribution in [2.45, 2.75) is 56.8 Å². The van der Waals surface area contributed by atoms with Gasteiger partial charge in [0, 0.05) is 49.2 Å². The van der Waals surface area contributed by atoms with Crippen molar-refractivity contribution in [3.8, 4) is 39.8 Å². The van der Waals surface area contributed by atoms with Gasteiger partial charge in [0.15, 0.2) is 0 Å². The summed E-state index contributed by atoms with van der Waals surface area (Å²) in [4.78, 5) is 23.5. The van der Waals surface area contributed by atoms with Crippen molar-refractivity contribution in [3.05, 3.63) is 102 Å². The van der Waals surface area contributed by atoms with Gasteiger partial charge in [-0.25, -0.2) is 13.4 Å². The fraction of sp³-hybridized carbons (Fsp3) is 0.565. The molecule has 3 aromatic carbocycles. The number of anilines is 1. The van der Waals surface area contributed by atoms with Gasteiger partial charge in [0.2, 0.25) is 11.0 Å². The molecule has 2 aromatic heterocycles. The first-order valence-corrected chi connectivity index (χ1v) is 31.8. The van der Waals surface area contributed by atoms with Crippen LogP contribution in [0.4, 0.5) is 5.13 Å². The van der Waals surface area contributed by atoms with Crippen molar-refractivity contribution in [1.82, 2.24) is 19.2 Å². The molecule has 1 aliphatic rings. The molecule has 0 bridgehead atoms. The van der Waals surface area contributed by atoms with Gasteiger partial charge in [0.1, 0.15) is 23.9 Å². The molecule has 1 aliphatic heterocycles. The second kappa shape index (κ2) is 42.3. The van der Waals surface area contributed by atoms with Gasteiger partial charge < -0.3 is 66.5 Å². The van der Waals surface area contributed by atoms with Crippen LogP contribution in [0.2, 0.25) is 0 Å². The zero-order valence-electron chi connectivity index (χ0n) is 49.9. The largest absolute Gasteiger partial charge is 0.455 e. The third kappa shape index (κ3) is 27.6. The van der Waals surface area contributed by atoms with E-state index in [1.165, 1.54) is 24.5 Å². The highest BCUT2D eigenvalue weighted by Gasteiger charge is 2.23. The van der Waals surface area contributed by atoms with Gasteiger partial charge in [-0.1, -0.05) is 48.7 Å². The van der Waals surface area contributed by atoms with Gasteiger partial charge in [-0.3, -0.25) is 14.5 Å². The van der Waals surface area contributed by atoms with E-state index in [1.807, 2.05) is 35.4 Å². The molecule has 472 valence electrons. The van der Waals surface area contributed by atoms with Gasteiger partial charge in [-0.2, -0.15) is 9.64 Å². The average Bonchev–Trinajstić information content (AvgIpc) is 2.19. The lowest BCUT2D eigenvalue weighted by molar-refractivity contribution is -0.133. The molecule has 0 radical (unpaired) electrons. The van der Waals surface area contributed by atoms with Crippen molar-refractivity contribution < 1.29 is 74.8 Å². The SMILES string of the molecule is COCCOCCOCCOCCOCCOCCOCCOCCOCCOCCOCCOCCC(=O)N1CCC(CCCCc2cc(-c3cc(-c4cccc(C)c4)ccc3Oc3ccc(S(=O)(=O)Nc4ncns4)cc3C#N)ccn2)CC1. The minimum Gasteiger partial charge on any atom is -0.455 e. The van der Waals surface area contributed by atoms with Crippen LogP contribution in [0.1, 0.15) is 55.3 Å². The Balaban J connectivity index is 0.741. The molecule has 3 heterocycles. The molecule has 0 atom stereocenters. The lowest BCUT2D eigenvalue weighted by atomic mass is 9.91. The third-order valence-electron chi connectivity index (χ3n) is 13.5. The van der Waals surface area contributed by atoms with E-state index in [1.54, 1.807) is 7.11 Å². The van der Waals surface area contributed by atoms with Crippen LogP contribution in [0.5, 0.6) is 11.5 Å². The topological polar surface area (TPSA) is 249 Å². The molecule has 0 saturated carbocycles. The molecule has 5 aromatic rings. The first-order valence-electron chi connectivity index (χ1n) is 29.5. The van der Waals surface area contributed by atoms with Crippen molar-refractivity contribution in [2.75, 3.05) is 177 Å². The standard InChI is InChI=1S/C62H86N6O16S2/c1-50-6-5-8-52(44-50)53-10-12-60(84-59-13-11-57(46-55(59)48-63)86(70,71)67-62-65-49-66-85-62)58(47-53)54-14-18-64-56(45-54)9-4-3-7-51-15-19-68(20-16-51)61(69)17-21-73-24-25-75-28-29-77-32-33-79-36-37-81-40-41-83-43-42-82-39-38-80-35-34-78-31-30-76-27-26-74-23-22-72-2/h5-6,8,10-14,18,44-47,49,51H,3-4,7,9,15-17,19-43H2,1-2H3,(H,65,66,67). The predicted molar refractivity (Wildman–Crippen MR) is 324 cm³/mol. The molecule has 22 nitrogen and oxygen atoms in total. The number of methoxy groups -OCH3 is 1. The van der Waals surface area contributed by atoms with Crippen LogP contribution >= 0.6 is 11.5 Å². The number of rotatable bonds is 48. The van der Waals surface area contributed by atoms with E-state index in [0.29, 0.717) is 170 Å². The minimum absolute atomic E-state index is 0.0542. The number of carbonyl (C=O) groups is 1. The van der Waals surface area contributed by atoms with Gasteiger partial charge in [0.25, 0.3) is 10.0 Å². The van der Waals surface area contributed by atoms with Crippen LogP contribution in [0.25, 0.3) is 22.3 Å². The van der Waals surface area contributed by atoms with Crippen LogP contribution in [0, 0.1) is 24.2 Å². The molecule has 1 amide bonds. The van der Waals surface area contributed by atoms with Crippen LogP contribution in [0.3, 0.4) is 0 Å². The number of hydrogen-bond acceptors (Lipinski definition) is 21. The molecule has 0 spiro atoms. The number of pyridine rings is 1. The maximum Gasteiger partial charge on any atom is 0.263 e. The molecule has 24 heteroatoms. The summed E-state index contributed by atoms with van der Waals surface area (Å²) in [5.41, 5.74) is 5.88.